The van der Waals surface area contributed by atoms with Crippen LogP contribution in [0.1, 0.15) is 25.0 Å². The van der Waals surface area contributed by atoms with E-state index in [9.17, 15) is 30.8 Å². The largest absolute Gasteiger partial charge is 0.489 e. The van der Waals surface area contributed by atoms with E-state index in [1.165, 1.54) is 38.1 Å². The first kappa shape index (κ1) is 28.3. The van der Waals surface area contributed by atoms with E-state index in [1.54, 1.807) is 12.1 Å². The summed E-state index contributed by atoms with van der Waals surface area (Å²) < 4.78 is 86.3. The van der Waals surface area contributed by atoms with Gasteiger partial charge in [-0.25, -0.2) is 12.8 Å². The lowest BCUT2D eigenvalue weighted by Crippen LogP contribution is -2.38. The van der Waals surface area contributed by atoms with E-state index in [2.05, 4.69) is 5.32 Å². The second-order valence-corrected chi connectivity index (χ2v) is 10.4. The van der Waals surface area contributed by atoms with Gasteiger partial charge in [0, 0.05) is 22.8 Å². The third kappa shape index (κ3) is 6.92. The smallest absolute Gasteiger partial charge is 0.416 e. The molecular weight excluding hydrogens is 536 g/mol. The fraction of sp³-hybridized carbons (Fsp3) is 0.240. The molecule has 0 atom stereocenters. The Bertz CT molecular complexity index is 1370. The van der Waals surface area contributed by atoms with Crippen molar-refractivity contribution in [3.63, 3.8) is 0 Å². The molecule has 3 aromatic carbocycles. The second-order valence-electron chi connectivity index (χ2n) is 8.10. The molecule has 1 aliphatic rings. The highest BCUT2D eigenvalue weighted by atomic mass is 35.5. The van der Waals surface area contributed by atoms with Crippen LogP contribution in [0.2, 0.25) is 5.02 Å². The molecule has 37 heavy (non-hydrogen) atoms. The topological polar surface area (TPSA) is 75.7 Å². The number of ketones is 1. The molecule has 0 unspecified atom stereocenters. The summed E-state index contributed by atoms with van der Waals surface area (Å²) in [6, 6.07) is 12.5. The van der Waals surface area contributed by atoms with Gasteiger partial charge in [-0.2, -0.15) is 13.2 Å². The van der Waals surface area contributed by atoms with Gasteiger partial charge < -0.3 is 14.8 Å². The molecule has 198 valence electrons. The molecule has 0 saturated heterocycles. The van der Waals surface area contributed by atoms with Gasteiger partial charge >= 0.3 is 6.18 Å². The molecule has 3 aromatic rings. The third-order valence-electron chi connectivity index (χ3n) is 5.06. The predicted molar refractivity (Wildman–Crippen MR) is 133 cm³/mol. The van der Waals surface area contributed by atoms with Crippen LogP contribution in [0.5, 0.6) is 5.75 Å². The van der Waals surface area contributed by atoms with Gasteiger partial charge in [-0.3, -0.25) is 4.31 Å². The van der Waals surface area contributed by atoms with E-state index in [0.29, 0.717) is 11.8 Å². The zero-order chi connectivity index (χ0) is 27.4. The maximum Gasteiger partial charge on any atom is 0.416 e. The Balaban J connectivity index is 0.000000886. The van der Waals surface area contributed by atoms with Gasteiger partial charge in [0.25, 0.3) is 10.0 Å². The van der Waals surface area contributed by atoms with Crippen molar-refractivity contribution < 1.29 is 35.5 Å². The Labute approximate surface area is 216 Å². The summed E-state index contributed by atoms with van der Waals surface area (Å²) in [6.45, 7) is 3.03. The number of benzene rings is 3. The summed E-state index contributed by atoms with van der Waals surface area (Å²) in [6.07, 6.45) is -4.68. The number of sulfonamides is 1. The second kappa shape index (κ2) is 11.4. The molecule has 0 radical (unpaired) electrons. The van der Waals surface area contributed by atoms with E-state index >= 15 is 0 Å². The molecule has 1 heterocycles. The molecule has 0 aliphatic carbocycles. The molecule has 1 N–H and O–H groups in total. The summed E-state index contributed by atoms with van der Waals surface area (Å²) in [5.41, 5.74) is -0.220. The number of carbonyl (C=O) groups excluding carboxylic acids is 1. The normalized spacial score (nSPS) is 13.1. The van der Waals surface area contributed by atoms with Gasteiger partial charge in [-0.15, -0.1) is 0 Å². The fourth-order valence-corrected chi connectivity index (χ4v) is 5.13. The molecule has 0 aromatic heterocycles. The minimum Gasteiger partial charge on any atom is -0.489 e. The van der Waals surface area contributed by atoms with Crippen LogP contribution in [-0.2, 0) is 27.5 Å². The average Bonchev–Trinajstić information content (AvgIpc) is 2.82. The lowest BCUT2D eigenvalue weighted by molar-refractivity contribution is -0.137. The Kier molecular flexibility index (Phi) is 8.70. The summed E-state index contributed by atoms with van der Waals surface area (Å²) in [7, 11) is -4.31. The molecule has 0 spiro atoms. The van der Waals surface area contributed by atoms with Crippen molar-refractivity contribution in [3.8, 4) is 5.75 Å². The van der Waals surface area contributed by atoms with Crippen LogP contribution < -0.4 is 14.4 Å². The van der Waals surface area contributed by atoms with Crippen LogP contribution >= 0.6 is 11.6 Å². The average molecular weight is 559 g/mol. The van der Waals surface area contributed by atoms with Crippen molar-refractivity contribution in [2.75, 3.05) is 22.8 Å². The molecule has 0 fully saturated rings. The number of anilines is 2. The number of hydrogen-bond donors (Lipinski definition) is 1. The van der Waals surface area contributed by atoms with Crippen LogP contribution in [0.4, 0.5) is 28.9 Å². The number of alkyl halides is 3. The van der Waals surface area contributed by atoms with E-state index in [4.69, 9.17) is 16.3 Å². The summed E-state index contributed by atoms with van der Waals surface area (Å²) in [4.78, 5) is 8.96. The van der Waals surface area contributed by atoms with Gasteiger partial charge in [0.1, 0.15) is 24.0 Å². The molecule has 4 rings (SSSR count). The molecule has 0 saturated carbocycles. The minimum atomic E-state index is -4.68. The van der Waals surface area contributed by atoms with Crippen LogP contribution in [0, 0.1) is 5.82 Å². The van der Waals surface area contributed by atoms with Gasteiger partial charge in [0.15, 0.2) is 0 Å². The number of ether oxygens (including phenoxy) is 1. The highest BCUT2D eigenvalue weighted by Crippen LogP contribution is 2.38. The summed E-state index contributed by atoms with van der Waals surface area (Å²) >= 11 is 6.04. The zero-order valence-corrected chi connectivity index (χ0v) is 21.3. The third-order valence-corrected chi connectivity index (χ3v) is 7.22. The Hall–Kier alpha value is -3.31. The monoisotopic (exact) mass is 558 g/mol. The van der Waals surface area contributed by atoms with Gasteiger partial charge in [-0.1, -0.05) is 23.7 Å². The predicted octanol–water partition coefficient (Wildman–Crippen LogP) is 6.29. The number of fused-ring (bicyclic) bond motifs is 1. The maximum absolute atomic E-state index is 14.0. The number of halogens is 5. The number of hydrogen-bond acceptors (Lipinski definition) is 5. The van der Waals surface area contributed by atoms with Crippen molar-refractivity contribution in [1.82, 2.24) is 0 Å². The summed E-state index contributed by atoms with van der Waals surface area (Å²) in [5.74, 6) is -0.0729. The maximum atomic E-state index is 14.0. The lowest BCUT2D eigenvalue weighted by Gasteiger charge is -2.31. The number of nitrogens with one attached hydrogen (secondary N) is 1. The number of Topliss-reactive ketones (excluding diaryl/α,β-unsaturated/α-hetero) is 1. The highest BCUT2D eigenvalue weighted by molar-refractivity contribution is 7.92. The molecule has 0 bridgehead atoms. The quantitative estimate of drug-likeness (QED) is 0.372. The lowest BCUT2D eigenvalue weighted by atomic mass is 10.2. The van der Waals surface area contributed by atoms with Gasteiger partial charge in [-0.05, 0) is 62.4 Å². The molecule has 1 aliphatic heterocycles. The van der Waals surface area contributed by atoms with Crippen LogP contribution in [-0.4, -0.2) is 27.4 Å². The van der Waals surface area contributed by atoms with Crippen molar-refractivity contribution in [2.24, 2.45) is 0 Å². The van der Waals surface area contributed by atoms with E-state index in [0.717, 1.165) is 22.5 Å². The minimum absolute atomic E-state index is 0.0306. The molecular formula is C25H23ClF4N2O4S. The molecule has 12 heteroatoms. The van der Waals surface area contributed by atoms with Crippen molar-refractivity contribution >= 4 is 38.8 Å². The van der Waals surface area contributed by atoms with E-state index in [-0.39, 0.29) is 47.5 Å². The van der Waals surface area contributed by atoms with Gasteiger partial charge in [0.2, 0.25) is 0 Å². The van der Waals surface area contributed by atoms with Crippen molar-refractivity contribution in [1.29, 1.82) is 0 Å². The molecule has 0 amide bonds. The Morgan fingerprint density at radius 2 is 1.76 bits per heavy atom. The first-order chi connectivity index (χ1) is 17.3. The first-order valence-electron chi connectivity index (χ1n) is 10.9. The van der Waals surface area contributed by atoms with Crippen molar-refractivity contribution in [3.05, 3.63) is 82.6 Å². The number of rotatable bonds is 5. The zero-order valence-electron chi connectivity index (χ0n) is 19.8. The van der Waals surface area contributed by atoms with E-state index in [1.807, 2.05) is 0 Å². The van der Waals surface area contributed by atoms with Crippen molar-refractivity contribution in [2.45, 2.75) is 31.5 Å². The number of nitrogens with zero attached hydrogens (tertiary/aromatic N) is 1. The fourth-order valence-electron chi connectivity index (χ4n) is 3.40. The Morgan fingerprint density at radius 1 is 1.08 bits per heavy atom. The highest BCUT2D eigenvalue weighted by Gasteiger charge is 2.34. The van der Waals surface area contributed by atoms with Gasteiger partial charge in [0.05, 0.1) is 22.7 Å². The standard InChI is InChI=1S/C22H17ClF4N2O3S.C3H6O/c23-18-5-2-6-19(24)17(18)13-28-15-7-8-21-20(12-15)29(9-10-32-21)33(30,31)16-4-1-3-14(11-16)22(25,26)27;1-3(2)4/h1-8,11-12,28H,9-10,13H2;1-2H3. The van der Waals surface area contributed by atoms with Crippen LogP contribution in [0.15, 0.2) is 65.6 Å². The van der Waals surface area contributed by atoms with E-state index < -0.39 is 32.5 Å². The first-order valence-corrected chi connectivity index (χ1v) is 12.7. The van der Waals surface area contributed by atoms with Crippen LogP contribution in [0.25, 0.3) is 0 Å². The van der Waals surface area contributed by atoms with Crippen LogP contribution in [0.3, 0.4) is 0 Å². The number of carbonyl (C=O) groups is 1. The SMILES string of the molecule is CC(C)=O.O=S(=O)(c1cccc(C(F)(F)F)c1)N1CCOc2ccc(NCc3c(F)cccc3Cl)cc21. The Morgan fingerprint density at radius 3 is 2.41 bits per heavy atom. The summed E-state index contributed by atoms with van der Waals surface area (Å²) in [5, 5.41) is 3.22. The molecule has 6 nitrogen and oxygen atoms in total.